The molecule has 0 fully saturated rings. The first-order valence-corrected chi connectivity index (χ1v) is 7.77. The molecule has 0 aliphatic heterocycles. The minimum absolute atomic E-state index is 0.0559. The molecule has 0 amide bonds. The van der Waals surface area contributed by atoms with Crippen LogP contribution in [0.2, 0.25) is 0 Å². The van der Waals surface area contributed by atoms with Crippen molar-refractivity contribution in [1.82, 2.24) is 19.7 Å². The average Bonchev–Trinajstić information content (AvgIpc) is 2.93. The van der Waals surface area contributed by atoms with Crippen molar-refractivity contribution < 1.29 is 9.66 Å². The Balaban J connectivity index is 1.95. The molecular formula is C16H15N7O4. The number of nitrogens with one attached hydrogen (secondary N) is 1. The van der Waals surface area contributed by atoms with Gasteiger partial charge in [-0.3, -0.25) is 20.0 Å². The van der Waals surface area contributed by atoms with E-state index in [0.717, 1.165) is 4.68 Å². The molecule has 0 saturated heterocycles. The number of aromatic amines is 1. The third-order valence-electron chi connectivity index (χ3n) is 3.59. The summed E-state index contributed by atoms with van der Waals surface area (Å²) in [5.41, 5.74) is 1.02. The molecule has 0 atom stereocenters. The molecule has 3 aromatic rings. The van der Waals surface area contributed by atoms with E-state index >= 15 is 0 Å². The Morgan fingerprint density at radius 3 is 2.52 bits per heavy atom. The van der Waals surface area contributed by atoms with Crippen LogP contribution in [0.3, 0.4) is 0 Å². The molecule has 0 aliphatic carbocycles. The van der Waals surface area contributed by atoms with Gasteiger partial charge in [0.05, 0.1) is 23.4 Å². The Bertz CT molecular complexity index is 1080. The second-order valence-corrected chi connectivity index (χ2v) is 5.55. The number of rotatable bonds is 5. The Kier molecular flexibility index (Phi) is 4.75. The fourth-order valence-corrected chi connectivity index (χ4v) is 2.27. The van der Waals surface area contributed by atoms with Gasteiger partial charge in [-0.15, -0.1) is 5.11 Å². The normalized spacial score (nSPS) is 11.1. The standard InChI is InChI=1S/C16H15N7O4/c1-9-8-13(27-3)18-16(17-9)22-15(24)14(10(2)21-22)20-19-11-4-6-12(7-5-11)23(25)26/h4-8,21H,1-3H3. The van der Waals surface area contributed by atoms with Gasteiger partial charge in [0.1, 0.15) is 0 Å². The van der Waals surface area contributed by atoms with Crippen molar-refractivity contribution in [2.24, 2.45) is 10.2 Å². The Labute approximate surface area is 152 Å². The van der Waals surface area contributed by atoms with Crippen molar-refractivity contribution in [3.05, 3.63) is 62.2 Å². The summed E-state index contributed by atoms with van der Waals surface area (Å²) >= 11 is 0. The zero-order valence-electron chi connectivity index (χ0n) is 14.7. The molecule has 11 heteroatoms. The molecule has 1 aromatic carbocycles. The lowest BCUT2D eigenvalue weighted by Gasteiger charge is -2.04. The molecule has 0 aliphatic rings. The first kappa shape index (κ1) is 17.9. The highest BCUT2D eigenvalue weighted by molar-refractivity contribution is 5.46. The number of ether oxygens (including phenoxy) is 1. The second-order valence-electron chi connectivity index (χ2n) is 5.55. The summed E-state index contributed by atoms with van der Waals surface area (Å²) in [7, 11) is 1.47. The predicted octanol–water partition coefficient (Wildman–Crippen LogP) is 2.90. The van der Waals surface area contributed by atoms with E-state index in [9.17, 15) is 14.9 Å². The van der Waals surface area contributed by atoms with Gasteiger partial charge >= 0.3 is 5.56 Å². The molecule has 11 nitrogen and oxygen atoms in total. The number of nitrogens with zero attached hydrogens (tertiary/aromatic N) is 6. The maximum atomic E-state index is 12.6. The third-order valence-corrected chi connectivity index (χ3v) is 3.59. The minimum Gasteiger partial charge on any atom is -0.481 e. The zero-order chi connectivity index (χ0) is 19.6. The Morgan fingerprint density at radius 1 is 1.19 bits per heavy atom. The topological polar surface area (TPSA) is 141 Å². The average molecular weight is 369 g/mol. The molecule has 0 saturated carbocycles. The van der Waals surface area contributed by atoms with Crippen LogP contribution < -0.4 is 10.3 Å². The highest BCUT2D eigenvalue weighted by Crippen LogP contribution is 2.21. The van der Waals surface area contributed by atoms with E-state index in [0.29, 0.717) is 23.0 Å². The highest BCUT2D eigenvalue weighted by Gasteiger charge is 2.15. The van der Waals surface area contributed by atoms with Gasteiger partial charge in [-0.05, 0) is 26.0 Å². The molecule has 1 N–H and O–H groups in total. The fraction of sp³-hybridized carbons (Fsp3) is 0.188. The van der Waals surface area contributed by atoms with E-state index < -0.39 is 10.5 Å². The van der Waals surface area contributed by atoms with Crippen molar-refractivity contribution in [3.8, 4) is 11.8 Å². The van der Waals surface area contributed by atoms with Gasteiger partial charge in [-0.2, -0.15) is 14.8 Å². The third kappa shape index (κ3) is 3.71. The zero-order valence-corrected chi connectivity index (χ0v) is 14.7. The number of non-ortho nitro benzene ring substituents is 1. The Hall–Kier alpha value is -3.89. The molecule has 0 bridgehead atoms. The van der Waals surface area contributed by atoms with Gasteiger partial charge in [0, 0.05) is 23.9 Å². The van der Waals surface area contributed by atoms with Crippen LogP contribution >= 0.6 is 0 Å². The first-order valence-electron chi connectivity index (χ1n) is 7.77. The van der Waals surface area contributed by atoms with Crippen LogP contribution in [-0.4, -0.2) is 31.8 Å². The van der Waals surface area contributed by atoms with Gasteiger partial charge in [0.15, 0.2) is 5.69 Å². The number of hydrogen-bond acceptors (Lipinski definition) is 8. The van der Waals surface area contributed by atoms with E-state index in [1.807, 2.05) is 0 Å². The first-order chi connectivity index (χ1) is 12.9. The van der Waals surface area contributed by atoms with Gasteiger partial charge in [-0.25, -0.2) is 4.98 Å². The van der Waals surface area contributed by atoms with Gasteiger partial charge in [0.2, 0.25) is 5.88 Å². The smallest absolute Gasteiger partial charge is 0.301 e. The van der Waals surface area contributed by atoms with Gasteiger partial charge < -0.3 is 4.74 Å². The monoisotopic (exact) mass is 369 g/mol. The van der Waals surface area contributed by atoms with Crippen LogP contribution in [0.25, 0.3) is 5.95 Å². The highest BCUT2D eigenvalue weighted by atomic mass is 16.6. The Morgan fingerprint density at radius 2 is 1.89 bits per heavy atom. The van der Waals surface area contributed by atoms with Crippen molar-refractivity contribution in [1.29, 1.82) is 0 Å². The summed E-state index contributed by atoms with van der Waals surface area (Å²) in [5.74, 6) is 0.447. The molecule has 138 valence electrons. The summed E-state index contributed by atoms with van der Waals surface area (Å²) in [4.78, 5) is 31.2. The summed E-state index contributed by atoms with van der Waals surface area (Å²) in [6.45, 7) is 3.42. The van der Waals surface area contributed by atoms with E-state index in [2.05, 4.69) is 25.3 Å². The van der Waals surface area contributed by atoms with E-state index in [1.165, 1.54) is 31.4 Å². The van der Waals surface area contributed by atoms with Gasteiger partial charge in [0.25, 0.3) is 11.6 Å². The number of aryl methyl sites for hydroxylation is 2. The lowest BCUT2D eigenvalue weighted by Crippen LogP contribution is -2.17. The quantitative estimate of drug-likeness (QED) is 0.416. The van der Waals surface area contributed by atoms with E-state index in [-0.39, 0.29) is 17.3 Å². The van der Waals surface area contributed by atoms with Crippen LogP contribution in [0.1, 0.15) is 11.4 Å². The molecule has 27 heavy (non-hydrogen) atoms. The number of hydrogen-bond donors (Lipinski definition) is 1. The summed E-state index contributed by atoms with van der Waals surface area (Å²) in [6.07, 6.45) is 0. The van der Waals surface area contributed by atoms with Crippen LogP contribution in [-0.2, 0) is 0 Å². The number of aromatic nitrogens is 4. The van der Waals surface area contributed by atoms with Crippen LogP contribution in [0.5, 0.6) is 5.88 Å². The van der Waals surface area contributed by atoms with E-state index in [1.54, 1.807) is 19.9 Å². The number of nitro groups is 1. The molecule has 3 rings (SSSR count). The minimum atomic E-state index is -0.508. The van der Waals surface area contributed by atoms with Gasteiger partial charge in [-0.1, -0.05) is 0 Å². The van der Waals surface area contributed by atoms with Crippen molar-refractivity contribution >= 4 is 17.1 Å². The molecule has 2 aromatic heterocycles. The molecule has 2 heterocycles. The molecule has 0 unspecified atom stereocenters. The molecular weight excluding hydrogens is 354 g/mol. The SMILES string of the molecule is COc1cc(C)nc(-n2[nH]c(C)c(N=Nc3ccc([N+](=O)[O-])cc3)c2=O)n1. The van der Waals surface area contributed by atoms with Crippen LogP contribution in [0.15, 0.2) is 45.4 Å². The van der Waals surface area contributed by atoms with Crippen LogP contribution in [0.4, 0.5) is 17.1 Å². The number of benzene rings is 1. The van der Waals surface area contributed by atoms with E-state index in [4.69, 9.17) is 4.74 Å². The maximum absolute atomic E-state index is 12.6. The number of H-pyrrole nitrogens is 1. The maximum Gasteiger partial charge on any atom is 0.301 e. The lowest BCUT2D eigenvalue weighted by molar-refractivity contribution is -0.384. The molecule has 0 radical (unpaired) electrons. The summed E-state index contributed by atoms with van der Waals surface area (Å²) in [5, 5.41) is 21.4. The fourth-order valence-electron chi connectivity index (χ4n) is 2.27. The van der Waals surface area contributed by atoms with Crippen molar-refractivity contribution in [2.75, 3.05) is 7.11 Å². The van der Waals surface area contributed by atoms with Crippen molar-refractivity contribution in [2.45, 2.75) is 13.8 Å². The number of nitro benzene ring substituents is 1. The largest absolute Gasteiger partial charge is 0.481 e. The predicted molar refractivity (Wildman–Crippen MR) is 95.3 cm³/mol. The number of azo groups is 1. The number of methoxy groups -OCH3 is 1. The molecule has 0 spiro atoms. The van der Waals surface area contributed by atoms with Crippen LogP contribution in [0, 0.1) is 24.0 Å². The van der Waals surface area contributed by atoms with Crippen molar-refractivity contribution in [3.63, 3.8) is 0 Å². The summed E-state index contributed by atoms with van der Waals surface area (Å²) < 4.78 is 6.24. The summed E-state index contributed by atoms with van der Waals surface area (Å²) in [6, 6.07) is 7.14. The lowest BCUT2D eigenvalue weighted by atomic mass is 10.3. The second kappa shape index (κ2) is 7.15.